The molecule has 1 N–H and O–H groups in total. The Morgan fingerprint density at radius 1 is 1.33 bits per heavy atom. The molecule has 6 heteroatoms. The van der Waals surface area contributed by atoms with Crippen molar-refractivity contribution in [3.05, 3.63) is 41.7 Å². The zero-order chi connectivity index (χ0) is 14.5. The van der Waals surface area contributed by atoms with Crippen molar-refractivity contribution >= 4 is 12.6 Å². The molecule has 108 valence electrons. The van der Waals surface area contributed by atoms with Gasteiger partial charge in [-0.05, 0) is 12.0 Å². The van der Waals surface area contributed by atoms with E-state index >= 15 is 0 Å². The topological polar surface area (TPSA) is 70.7 Å². The number of carbonyl (C=O) groups excluding carboxylic acids is 1. The maximum atomic E-state index is 10.2. The van der Waals surface area contributed by atoms with Gasteiger partial charge in [0.2, 0.25) is 6.41 Å². The van der Waals surface area contributed by atoms with E-state index in [0.29, 0.717) is 18.7 Å². The fourth-order valence-electron chi connectivity index (χ4n) is 1.98. The number of amides is 1. The molecule has 0 spiro atoms. The summed E-state index contributed by atoms with van der Waals surface area (Å²) in [6, 6.07) is 9.77. The van der Waals surface area contributed by atoms with E-state index in [2.05, 4.69) is 15.6 Å². The fourth-order valence-corrected chi connectivity index (χ4v) is 1.98. The zero-order valence-electron chi connectivity index (χ0n) is 11.5. The van der Waals surface area contributed by atoms with Gasteiger partial charge in [0.15, 0.2) is 5.76 Å². The second-order valence-electron chi connectivity index (χ2n) is 4.85. The van der Waals surface area contributed by atoms with Crippen LogP contribution in [0.2, 0.25) is 0 Å². The summed E-state index contributed by atoms with van der Waals surface area (Å²) in [6.45, 7) is 2.44. The predicted molar refractivity (Wildman–Crippen MR) is 78.6 cm³/mol. The Hall–Kier alpha value is -2.63. The van der Waals surface area contributed by atoms with Crippen LogP contribution >= 0.6 is 0 Å². The lowest BCUT2D eigenvalue weighted by Gasteiger charge is -2.27. The number of hydrogen-bond acceptors (Lipinski definition) is 5. The third-order valence-electron chi connectivity index (χ3n) is 3.33. The lowest BCUT2D eigenvalue weighted by molar-refractivity contribution is -0.109. The highest BCUT2D eigenvalue weighted by Crippen LogP contribution is 2.19. The second-order valence-corrected chi connectivity index (χ2v) is 4.85. The van der Waals surface area contributed by atoms with Crippen molar-refractivity contribution in [2.45, 2.75) is 13.0 Å². The molecule has 1 aliphatic rings. The normalized spacial score (nSPS) is 14.2. The van der Waals surface area contributed by atoms with E-state index in [0.717, 1.165) is 29.9 Å². The zero-order valence-corrected chi connectivity index (χ0v) is 11.5. The van der Waals surface area contributed by atoms with Gasteiger partial charge in [-0.1, -0.05) is 29.4 Å². The quantitative estimate of drug-likeness (QED) is 0.646. The highest BCUT2D eigenvalue weighted by atomic mass is 16.5. The molecule has 0 saturated carbocycles. The van der Waals surface area contributed by atoms with Crippen LogP contribution in [0.25, 0.3) is 11.3 Å². The summed E-state index contributed by atoms with van der Waals surface area (Å²) in [5.41, 5.74) is 2.78. The largest absolute Gasteiger partial charge is 0.359 e. The molecule has 1 aromatic carbocycles. The number of carbonyl (C=O) groups is 1. The van der Waals surface area contributed by atoms with Crippen molar-refractivity contribution in [1.82, 2.24) is 15.5 Å². The predicted octanol–water partition coefficient (Wildman–Crippen LogP) is 1.63. The molecule has 0 aliphatic carbocycles. The molecule has 2 aromatic rings. The Morgan fingerprint density at radius 3 is 2.81 bits per heavy atom. The van der Waals surface area contributed by atoms with Crippen LogP contribution in [0.4, 0.5) is 0 Å². The summed E-state index contributed by atoms with van der Waals surface area (Å²) in [5.74, 6) is 0.625. The van der Waals surface area contributed by atoms with Gasteiger partial charge in [-0.15, -0.1) is 0 Å². The number of aromatic nitrogens is 1. The van der Waals surface area contributed by atoms with Gasteiger partial charge in [-0.3, -0.25) is 9.80 Å². The highest BCUT2D eigenvalue weighted by Gasteiger charge is 2.09. The lowest BCUT2D eigenvalue weighted by atomic mass is 10.1. The highest BCUT2D eigenvalue weighted by molar-refractivity contribution is 5.80. The third-order valence-corrected chi connectivity index (χ3v) is 3.33. The van der Waals surface area contributed by atoms with Gasteiger partial charge in [0, 0.05) is 24.7 Å². The minimum Gasteiger partial charge on any atom is -0.359 e. The van der Waals surface area contributed by atoms with E-state index < -0.39 is 0 Å². The van der Waals surface area contributed by atoms with Gasteiger partial charge in [-0.2, -0.15) is 5.10 Å². The van der Waals surface area contributed by atoms with Crippen molar-refractivity contribution in [3.63, 3.8) is 0 Å². The van der Waals surface area contributed by atoms with Gasteiger partial charge in [-0.25, -0.2) is 0 Å². The number of hydrogen-bond donors (Lipinski definition) is 1. The molecule has 0 unspecified atom stereocenters. The first kappa shape index (κ1) is 13.4. The van der Waals surface area contributed by atoms with Crippen LogP contribution in [0.3, 0.4) is 0 Å². The first-order chi connectivity index (χ1) is 10.3. The van der Waals surface area contributed by atoms with Crippen LogP contribution in [0.1, 0.15) is 17.7 Å². The summed E-state index contributed by atoms with van der Waals surface area (Å²) in [7, 11) is 0. The van der Waals surface area contributed by atoms with E-state index in [1.807, 2.05) is 41.6 Å². The van der Waals surface area contributed by atoms with E-state index in [4.69, 9.17) is 4.52 Å². The fraction of sp³-hybridized carbons (Fsp3) is 0.267. The Morgan fingerprint density at radius 2 is 2.14 bits per heavy atom. The first-order valence-corrected chi connectivity index (χ1v) is 6.87. The van der Waals surface area contributed by atoms with Crippen molar-refractivity contribution in [2.24, 2.45) is 5.10 Å². The Kier molecular flexibility index (Phi) is 3.95. The molecule has 0 atom stereocenters. The number of nitrogens with zero attached hydrogens (tertiary/aromatic N) is 3. The maximum Gasteiger partial charge on any atom is 0.207 e. The smallest absolute Gasteiger partial charge is 0.207 e. The van der Waals surface area contributed by atoms with E-state index in [1.54, 1.807) is 0 Å². The summed E-state index contributed by atoms with van der Waals surface area (Å²) in [6.07, 6.45) is 3.73. The molecule has 1 fully saturated rings. The summed E-state index contributed by atoms with van der Waals surface area (Å²) >= 11 is 0. The van der Waals surface area contributed by atoms with Gasteiger partial charge in [0.1, 0.15) is 5.69 Å². The molecule has 1 aliphatic heterocycles. The minimum atomic E-state index is 0.344. The van der Waals surface area contributed by atoms with Crippen molar-refractivity contribution in [1.29, 1.82) is 0 Å². The SMILES string of the molecule is O=CNCc1cc(-c2ccc(C=NN3CCC3)cc2)no1. The average molecular weight is 284 g/mol. The van der Waals surface area contributed by atoms with Gasteiger partial charge in [0.05, 0.1) is 12.8 Å². The van der Waals surface area contributed by atoms with E-state index in [1.165, 1.54) is 6.42 Å². The lowest BCUT2D eigenvalue weighted by Crippen LogP contribution is -2.32. The van der Waals surface area contributed by atoms with Crippen molar-refractivity contribution < 1.29 is 9.32 Å². The molecule has 1 aromatic heterocycles. The molecular weight excluding hydrogens is 268 g/mol. The maximum absolute atomic E-state index is 10.2. The molecule has 1 saturated heterocycles. The molecule has 6 nitrogen and oxygen atoms in total. The summed E-state index contributed by atoms with van der Waals surface area (Å²) in [4.78, 5) is 10.2. The van der Waals surface area contributed by atoms with Crippen LogP contribution < -0.4 is 5.32 Å². The number of benzene rings is 1. The number of rotatable bonds is 6. The van der Waals surface area contributed by atoms with Gasteiger partial charge < -0.3 is 9.84 Å². The van der Waals surface area contributed by atoms with Crippen LogP contribution in [-0.2, 0) is 11.3 Å². The Bertz CT molecular complexity index is 629. The monoisotopic (exact) mass is 284 g/mol. The molecule has 3 rings (SSSR count). The Balaban J connectivity index is 1.66. The third kappa shape index (κ3) is 3.28. The van der Waals surface area contributed by atoms with Crippen molar-refractivity contribution in [3.8, 4) is 11.3 Å². The van der Waals surface area contributed by atoms with Crippen LogP contribution in [-0.4, -0.2) is 35.9 Å². The summed E-state index contributed by atoms with van der Waals surface area (Å²) < 4.78 is 5.15. The average Bonchev–Trinajstić information content (AvgIpc) is 2.93. The molecule has 0 radical (unpaired) electrons. The molecule has 1 amide bonds. The van der Waals surface area contributed by atoms with Gasteiger partial charge in [0.25, 0.3) is 0 Å². The molecule has 0 bridgehead atoms. The van der Waals surface area contributed by atoms with E-state index in [9.17, 15) is 4.79 Å². The molecule has 2 heterocycles. The molecule has 21 heavy (non-hydrogen) atoms. The van der Waals surface area contributed by atoms with Crippen LogP contribution in [0.15, 0.2) is 40.0 Å². The van der Waals surface area contributed by atoms with Crippen LogP contribution in [0, 0.1) is 0 Å². The second kappa shape index (κ2) is 6.21. The van der Waals surface area contributed by atoms with Crippen LogP contribution in [0.5, 0.6) is 0 Å². The Labute approximate surface area is 122 Å². The number of hydrazone groups is 1. The molecular formula is C15H16N4O2. The van der Waals surface area contributed by atoms with Crippen molar-refractivity contribution in [2.75, 3.05) is 13.1 Å². The minimum absolute atomic E-state index is 0.344. The van der Waals surface area contributed by atoms with Gasteiger partial charge >= 0.3 is 0 Å². The number of nitrogens with one attached hydrogen (secondary N) is 1. The summed E-state index contributed by atoms with van der Waals surface area (Å²) in [5, 5.41) is 12.9. The first-order valence-electron chi connectivity index (χ1n) is 6.87. The standard InChI is InChI=1S/C15H16N4O2/c20-11-16-10-14-8-15(18-21-14)13-4-2-12(3-5-13)9-17-19-6-1-7-19/h2-5,8-9,11H,1,6-7,10H2,(H,16,20). The van der Waals surface area contributed by atoms with E-state index in [-0.39, 0.29) is 0 Å².